The van der Waals surface area contributed by atoms with Crippen molar-refractivity contribution >= 4 is 36.0 Å². The minimum atomic E-state index is -0.773. The molecule has 0 spiro atoms. The van der Waals surface area contributed by atoms with Crippen LogP contribution in [0.2, 0.25) is 0 Å². The van der Waals surface area contributed by atoms with E-state index in [1.54, 1.807) is 11.8 Å². The summed E-state index contributed by atoms with van der Waals surface area (Å²) < 4.78 is 4.93. The van der Waals surface area contributed by atoms with E-state index in [4.69, 9.17) is 15.3 Å². The number of hydrogen-bond donors (Lipinski definition) is 1. The van der Waals surface area contributed by atoms with E-state index in [1.165, 1.54) is 12.2 Å². The fourth-order valence-electron chi connectivity index (χ4n) is 2.67. The Morgan fingerprint density at radius 3 is 2.45 bits per heavy atom. The molecule has 0 aromatic heterocycles. The fourth-order valence-corrected chi connectivity index (χ4v) is 3.13. The highest BCUT2D eigenvalue weighted by molar-refractivity contribution is 7.98. The first kappa shape index (κ1) is 27.7. The van der Waals surface area contributed by atoms with Gasteiger partial charge in [-0.05, 0) is 36.3 Å². The molecule has 1 aromatic rings. The first-order chi connectivity index (χ1) is 13.4. The van der Waals surface area contributed by atoms with Gasteiger partial charge in [0.15, 0.2) is 6.04 Å². The Balaban J connectivity index is 0.00000784. The van der Waals surface area contributed by atoms with Crippen LogP contribution in [0.3, 0.4) is 0 Å². The molecular weight excluding hydrogens is 412 g/mol. The molecule has 166 valence electrons. The number of halogens is 1. The number of nitrogens with two attached hydrogens (primary N) is 1. The van der Waals surface area contributed by atoms with Gasteiger partial charge in [-0.1, -0.05) is 50.6 Å². The zero-order chi connectivity index (χ0) is 20.9. The van der Waals surface area contributed by atoms with Gasteiger partial charge in [-0.25, -0.2) is 9.86 Å². The van der Waals surface area contributed by atoms with E-state index < -0.39 is 12.0 Å². The Bertz CT molecular complexity index is 591. The first-order valence-electron chi connectivity index (χ1n) is 9.75. The van der Waals surface area contributed by atoms with Gasteiger partial charge < -0.3 is 10.5 Å². The lowest BCUT2D eigenvalue weighted by Crippen LogP contribution is -2.48. The molecule has 8 heteroatoms. The predicted octanol–water partition coefficient (Wildman–Crippen LogP) is 3.47. The number of benzene rings is 1. The number of hydrogen-bond acceptors (Lipinski definition) is 6. The summed E-state index contributed by atoms with van der Waals surface area (Å²) in [5.74, 6) is 0.253. The van der Waals surface area contributed by atoms with Crippen LogP contribution in [0.15, 0.2) is 30.3 Å². The molecule has 1 amide bonds. The van der Waals surface area contributed by atoms with E-state index in [9.17, 15) is 9.59 Å². The molecule has 0 aliphatic rings. The van der Waals surface area contributed by atoms with Gasteiger partial charge in [0.2, 0.25) is 5.91 Å². The van der Waals surface area contributed by atoms with Crippen molar-refractivity contribution in [3.8, 4) is 0 Å². The molecule has 29 heavy (non-hydrogen) atoms. The molecular formula is C21H35ClN2O4S. The van der Waals surface area contributed by atoms with Gasteiger partial charge in [0.1, 0.15) is 0 Å². The van der Waals surface area contributed by atoms with Crippen molar-refractivity contribution < 1.29 is 19.2 Å². The molecule has 3 atom stereocenters. The minimum Gasteiger partial charge on any atom is -0.467 e. The van der Waals surface area contributed by atoms with Gasteiger partial charge in [0.05, 0.1) is 13.7 Å². The predicted molar refractivity (Wildman–Crippen MR) is 121 cm³/mol. The van der Waals surface area contributed by atoms with E-state index in [1.807, 2.05) is 43.5 Å². The van der Waals surface area contributed by atoms with E-state index in [-0.39, 0.29) is 43.3 Å². The highest BCUT2D eigenvalue weighted by Gasteiger charge is 2.32. The van der Waals surface area contributed by atoms with Gasteiger partial charge in [0, 0.05) is 12.5 Å². The van der Waals surface area contributed by atoms with Crippen molar-refractivity contribution in [2.24, 2.45) is 11.7 Å². The first-order valence-corrected chi connectivity index (χ1v) is 11.1. The minimum absolute atomic E-state index is 0. The largest absolute Gasteiger partial charge is 0.467 e. The molecule has 3 unspecified atom stereocenters. The van der Waals surface area contributed by atoms with Crippen LogP contribution in [0.25, 0.3) is 0 Å². The van der Waals surface area contributed by atoms with Crippen molar-refractivity contribution in [1.82, 2.24) is 5.06 Å². The van der Waals surface area contributed by atoms with Crippen LogP contribution in [-0.4, -0.2) is 54.7 Å². The quantitative estimate of drug-likeness (QED) is 0.369. The Morgan fingerprint density at radius 1 is 1.24 bits per heavy atom. The normalized spacial score (nSPS) is 13.7. The number of carbonyl (C=O) groups excluding carboxylic acids is 2. The zero-order valence-electron chi connectivity index (χ0n) is 17.8. The van der Waals surface area contributed by atoms with Crippen LogP contribution < -0.4 is 5.73 Å². The molecule has 0 bridgehead atoms. The lowest BCUT2D eigenvalue weighted by molar-refractivity contribution is -0.210. The molecule has 2 N–H and O–H groups in total. The summed E-state index contributed by atoms with van der Waals surface area (Å²) in [5, 5.41) is 1.20. The number of nitrogens with zero attached hydrogens (tertiary/aromatic N) is 1. The maximum absolute atomic E-state index is 12.9. The molecule has 1 rings (SSSR count). The Kier molecular flexibility index (Phi) is 14.9. The van der Waals surface area contributed by atoms with Gasteiger partial charge in [-0.15, -0.1) is 12.4 Å². The molecule has 6 nitrogen and oxygen atoms in total. The summed E-state index contributed by atoms with van der Waals surface area (Å²) >= 11 is 1.60. The fraction of sp³-hybridized carbons (Fsp3) is 0.619. The van der Waals surface area contributed by atoms with Crippen molar-refractivity contribution in [3.63, 3.8) is 0 Å². The Labute approximate surface area is 185 Å². The molecule has 0 aliphatic carbocycles. The Hall–Kier alpha value is -1.28. The summed E-state index contributed by atoms with van der Waals surface area (Å²) in [4.78, 5) is 31.1. The molecule has 1 aromatic carbocycles. The standard InChI is InChI=1S/C21H34N2O4S.ClH/c1-5-16(2)18(22)15-27-23(19(13-14-28-4)21(25)26-3)20(24)12-11-17-9-7-6-8-10-17;/h6-10,16,18-19H,5,11-15,22H2,1-4H3;1H. The molecule has 0 radical (unpaired) electrons. The van der Waals surface area contributed by atoms with Crippen LogP contribution in [0, 0.1) is 5.92 Å². The second-order valence-corrected chi connectivity index (χ2v) is 7.86. The Morgan fingerprint density at radius 2 is 1.90 bits per heavy atom. The number of amides is 1. The summed E-state index contributed by atoms with van der Waals surface area (Å²) in [6, 6.07) is 8.78. The lowest BCUT2D eigenvalue weighted by Gasteiger charge is -2.30. The van der Waals surface area contributed by atoms with Gasteiger partial charge in [-0.3, -0.25) is 9.63 Å². The van der Waals surface area contributed by atoms with Crippen LogP contribution in [0.4, 0.5) is 0 Å². The third-order valence-electron chi connectivity index (χ3n) is 4.85. The topological polar surface area (TPSA) is 81.9 Å². The van der Waals surface area contributed by atoms with Crippen LogP contribution in [0.1, 0.15) is 38.7 Å². The maximum Gasteiger partial charge on any atom is 0.331 e. The summed E-state index contributed by atoms with van der Waals surface area (Å²) in [6.07, 6.45) is 4.15. The van der Waals surface area contributed by atoms with Gasteiger partial charge in [0.25, 0.3) is 0 Å². The van der Waals surface area contributed by atoms with Crippen molar-refractivity contribution in [1.29, 1.82) is 0 Å². The number of esters is 1. The number of carbonyl (C=O) groups is 2. The summed E-state index contributed by atoms with van der Waals surface area (Å²) in [6.45, 7) is 4.28. The third-order valence-corrected chi connectivity index (χ3v) is 5.49. The van der Waals surface area contributed by atoms with Gasteiger partial charge in [-0.2, -0.15) is 11.8 Å². The van der Waals surface area contributed by atoms with Crippen molar-refractivity contribution in [2.45, 2.75) is 51.6 Å². The van der Waals surface area contributed by atoms with E-state index in [0.717, 1.165) is 12.0 Å². The third kappa shape index (κ3) is 9.85. The second-order valence-electron chi connectivity index (χ2n) is 6.87. The number of aryl methyl sites for hydroxylation is 1. The number of hydroxylamine groups is 2. The zero-order valence-corrected chi connectivity index (χ0v) is 19.5. The lowest BCUT2D eigenvalue weighted by atomic mass is 10.0. The van der Waals surface area contributed by atoms with Crippen LogP contribution in [-0.2, 0) is 25.6 Å². The van der Waals surface area contributed by atoms with Gasteiger partial charge >= 0.3 is 5.97 Å². The second kappa shape index (κ2) is 15.5. The van der Waals surface area contributed by atoms with Crippen molar-refractivity contribution in [3.05, 3.63) is 35.9 Å². The highest BCUT2D eigenvalue weighted by Crippen LogP contribution is 2.16. The highest BCUT2D eigenvalue weighted by atomic mass is 35.5. The summed E-state index contributed by atoms with van der Waals surface area (Å²) in [7, 11) is 1.33. The summed E-state index contributed by atoms with van der Waals surface area (Å²) in [5.41, 5.74) is 7.23. The number of ether oxygens (including phenoxy) is 1. The smallest absolute Gasteiger partial charge is 0.331 e. The van der Waals surface area contributed by atoms with Crippen LogP contribution in [0.5, 0.6) is 0 Å². The van der Waals surface area contributed by atoms with Crippen molar-refractivity contribution in [2.75, 3.05) is 25.7 Å². The SMILES string of the molecule is CCC(C)C(N)CON(C(=O)CCc1ccccc1)C(CCSC)C(=O)OC.Cl. The average molecular weight is 447 g/mol. The molecule has 0 saturated carbocycles. The van der Waals surface area contributed by atoms with E-state index >= 15 is 0 Å². The molecule has 0 heterocycles. The average Bonchev–Trinajstić information content (AvgIpc) is 2.73. The number of rotatable bonds is 13. The number of thioether (sulfide) groups is 1. The van der Waals surface area contributed by atoms with E-state index in [2.05, 4.69) is 6.92 Å². The monoisotopic (exact) mass is 446 g/mol. The molecule has 0 aliphatic heterocycles. The molecule has 0 saturated heterocycles. The maximum atomic E-state index is 12.9. The molecule has 0 fully saturated rings. The van der Waals surface area contributed by atoms with Crippen LogP contribution >= 0.6 is 24.2 Å². The van der Waals surface area contributed by atoms with E-state index in [0.29, 0.717) is 18.6 Å². The number of methoxy groups -OCH3 is 1.